The number of amides is 3. The minimum absolute atomic E-state index is 0.0528. The Labute approximate surface area is 243 Å². The Morgan fingerprint density at radius 1 is 0.927 bits per heavy atom. The predicted molar refractivity (Wildman–Crippen MR) is 153 cm³/mol. The lowest BCUT2D eigenvalue weighted by Crippen LogP contribution is -2.60. The van der Waals surface area contributed by atoms with Crippen LogP contribution in [0.1, 0.15) is 69.2 Å². The molecule has 0 unspecified atom stereocenters. The largest absolute Gasteiger partial charge is 0.444 e. The summed E-state index contributed by atoms with van der Waals surface area (Å²) in [5.41, 5.74) is -2.15. The molecular formula is C27H44N4O9S. The van der Waals surface area contributed by atoms with Gasteiger partial charge < -0.3 is 24.4 Å². The molecule has 1 N–H and O–H groups in total. The summed E-state index contributed by atoms with van der Waals surface area (Å²) in [5, 5.41) is 2.73. The van der Waals surface area contributed by atoms with Crippen LogP contribution in [0.5, 0.6) is 0 Å². The number of carbonyl (C=O) groups is 3. The molecule has 0 aromatic carbocycles. The van der Waals surface area contributed by atoms with Crippen molar-refractivity contribution in [1.82, 2.24) is 10.3 Å². The molecule has 0 aliphatic carbocycles. The number of carbonyl (C=O) groups excluding carboxylic acids is 3. The van der Waals surface area contributed by atoms with E-state index >= 15 is 0 Å². The number of pyridine rings is 1. The standard InChI is InChI=1S/C27H44N4O9S/c1-17-15-30(16-18(21(17)40-41(11,35)36)29-22(32)37-25(2,3)4)19-12-13-28-14-20(19)31(23(33)38-26(5,6)7)24(34)39-27(8,9)10/h12-14,17-18,21H,15-16H2,1-11H3,(H,29,32)/t17-,18+,21+/m0/s1. The molecule has 1 aliphatic rings. The topological polar surface area (TPSA) is 154 Å². The molecular weight excluding hydrogens is 556 g/mol. The maximum Gasteiger partial charge on any atom is 0.424 e. The van der Waals surface area contributed by atoms with E-state index in [0.29, 0.717) is 5.69 Å². The number of hydrogen-bond acceptors (Lipinski definition) is 11. The molecule has 41 heavy (non-hydrogen) atoms. The Morgan fingerprint density at radius 3 is 1.90 bits per heavy atom. The summed E-state index contributed by atoms with van der Waals surface area (Å²) < 4.78 is 46.0. The Hall–Kier alpha value is -3.13. The Bertz CT molecular complexity index is 1190. The van der Waals surface area contributed by atoms with E-state index in [4.69, 9.17) is 18.4 Å². The molecule has 13 nitrogen and oxygen atoms in total. The average Bonchev–Trinajstić information content (AvgIpc) is 2.71. The van der Waals surface area contributed by atoms with E-state index in [2.05, 4.69) is 10.3 Å². The number of anilines is 2. The fraction of sp³-hybridized carbons (Fsp3) is 0.704. The average molecular weight is 601 g/mol. The molecule has 3 amide bonds. The minimum Gasteiger partial charge on any atom is -0.444 e. The van der Waals surface area contributed by atoms with Crippen molar-refractivity contribution in [3.63, 3.8) is 0 Å². The van der Waals surface area contributed by atoms with Crippen LogP contribution < -0.4 is 15.1 Å². The van der Waals surface area contributed by atoms with E-state index in [9.17, 15) is 22.8 Å². The molecule has 1 fully saturated rings. The lowest BCUT2D eigenvalue weighted by Gasteiger charge is -2.43. The summed E-state index contributed by atoms with van der Waals surface area (Å²) in [7, 11) is -3.87. The van der Waals surface area contributed by atoms with Crippen LogP contribution in [-0.4, -0.2) is 80.0 Å². The van der Waals surface area contributed by atoms with Crippen molar-refractivity contribution in [3.05, 3.63) is 18.5 Å². The van der Waals surface area contributed by atoms with Crippen LogP contribution in [0.3, 0.4) is 0 Å². The number of hydrogen-bond donors (Lipinski definition) is 1. The highest BCUT2D eigenvalue weighted by molar-refractivity contribution is 7.86. The fourth-order valence-electron chi connectivity index (χ4n) is 4.12. The van der Waals surface area contributed by atoms with Gasteiger partial charge in [0.1, 0.15) is 28.6 Å². The van der Waals surface area contributed by atoms with E-state index in [-0.39, 0.29) is 18.8 Å². The number of alkyl carbamates (subject to hydrolysis) is 1. The van der Waals surface area contributed by atoms with Crippen LogP contribution in [0.15, 0.2) is 18.5 Å². The molecule has 2 rings (SSSR count). The first kappa shape index (κ1) is 34.1. The highest BCUT2D eigenvalue weighted by Crippen LogP contribution is 2.35. The molecule has 1 aromatic rings. The Morgan fingerprint density at radius 2 is 1.44 bits per heavy atom. The number of rotatable bonds is 5. The van der Waals surface area contributed by atoms with E-state index in [1.54, 1.807) is 80.2 Å². The van der Waals surface area contributed by atoms with Crippen molar-refractivity contribution >= 4 is 39.8 Å². The molecule has 0 radical (unpaired) electrons. The van der Waals surface area contributed by atoms with Crippen LogP contribution in [0, 0.1) is 5.92 Å². The van der Waals surface area contributed by atoms with Crippen LogP contribution >= 0.6 is 0 Å². The summed E-state index contributed by atoms with van der Waals surface area (Å²) in [4.78, 5) is 46.1. The second-order valence-corrected chi connectivity index (χ2v) is 14.7. The third-order valence-electron chi connectivity index (χ3n) is 5.38. The van der Waals surface area contributed by atoms with Gasteiger partial charge in [-0.25, -0.2) is 14.4 Å². The second kappa shape index (κ2) is 12.4. The first-order valence-electron chi connectivity index (χ1n) is 13.3. The number of piperidine rings is 1. The van der Waals surface area contributed by atoms with E-state index in [0.717, 1.165) is 11.2 Å². The van der Waals surface area contributed by atoms with Crippen molar-refractivity contribution in [3.8, 4) is 0 Å². The van der Waals surface area contributed by atoms with Crippen molar-refractivity contribution in [1.29, 1.82) is 0 Å². The summed E-state index contributed by atoms with van der Waals surface area (Å²) >= 11 is 0. The SMILES string of the molecule is C[C@H]1CN(c2ccncc2N(C(=O)OC(C)(C)C)C(=O)OC(C)(C)C)C[C@@H](NC(=O)OC(C)(C)C)[C@@H]1OS(C)(=O)=O. The molecule has 1 saturated heterocycles. The number of nitrogens with zero attached hydrogens (tertiary/aromatic N) is 3. The van der Waals surface area contributed by atoms with E-state index in [1.807, 2.05) is 0 Å². The summed E-state index contributed by atoms with van der Waals surface area (Å²) in [6.45, 7) is 17.2. The minimum atomic E-state index is -3.87. The van der Waals surface area contributed by atoms with Crippen LogP contribution in [0.2, 0.25) is 0 Å². The number of imide groups is 1. The molecule has 0 bridgehead atoms. The van der Waals surface area contributed by atoms with E-state index in [1.165, 1.54) is 12.4 Å². The molecule has 3 atom stereocenters. The number of nitrogens with one attached hydrogen (secondary N) is 1. The third kappa shape index (κ3) is 11.0. The quantitative estimate of drug-likeness (QED) is 0.376. The van der Waals surface area contributed by atoms with Gasteiger partial charge in [-0.1, -0.05) is 6.92 Å². The zero-order chi connectivity index (χ0) is 31.6. The predicted octanol–water partition coefficient (Wildman–Crippen LogP) is 4.45. The maximum absolute atomic E-state index is 13.3. The van der Waals surface area contributed by atoms with Crippen molar-refractivity contribution in [2.75, 3.05) is 29.1 Å². The lowest BCUT2D eigenvalue weighted by molar-refractivity contribution is 0.0378. The molecule has 0 spiro atoms. The highest BCUT2D eigenvalue weighted by atomic mass is 32.2. The van der Waals surface area contributed by atoms with Gasteiger partial charge in [0, 0.05) is 25.2 Å². The van der Waals surface area contributed by atoms with Gasteiger partial charge in [-0.05, 0) is 68.4 Å². The van der Waals surface area contributed by atoms with Gasteiger partial charge in [0.2, 0.25) is 0 Å². The normalized spacial score (nSPS) is 20.2. The molecule has 2 heterocycles. The second-order valence-electron chi connectivity index (χ2n) is 13.1. The monoisotopic (exact) mass is 600 g/mol. The maximum atomic E-state index is 13.3. The highest BCUT2D eigenvalue weighted by Gasteiger charge is 2.41. The van der Waals surface area contributed by atoms with Crippen molar-refractivity contribution in [2.24, 2.45) is 5.92 Å². The van der Waals surface area contributed by atoms with Gasteiger partial charge in [-0.15, -0.1) is 0 Å². The third-order valence-corrected chi connectivity index (χ3v) is 5.95. The first-order chi connectivity index (χ1) is 18.5. The van der Waals surface area contributed by atoms with Gasteiger partial charge in [-0.3, -0.25) is 9.17 Å². The van der Waals surface area contributed by atoms with Crippen LogP contribution in [-0.2, 0) is 28.5 Å². The van der Waals surface area contributed by atoms with Crippen LogP contribution in [0.4, 0.5) is 25.8 Å². The zero-order valence-electron chi connectivity index (χ0n) is 25.8. The Balaban J connectivity index is 2.56. The molecule has 232 valence electrons. The van der Waals surface area contributed by atoms with Crippen molar-refractivity contribution in [2.45, 2.75) is 98.2 Å². The van der Waals surface area contributed by atoms with Crippen molar-refractivity contribution < 1.29 is 41.2 Å². The van der Waals surface area contributed by atoms with Gasteiger partial charge in [0.25, 0.3) is 10.1 Å². The zero-order valence-corrected chi connectivity index (χ0v) is 26.6. The fourth-order valence-corrected chi connectivity index (χ4v) is 4.84. The molecule has 1 aromatic heterocycles. The smallest absolute Gasteiger partial charge is 0.424 e. The van der Waals surface area contributed by atoms with Gasteiger partial charge in [0.05, 0.1) is 24.2 Å². The summed E-state index contributed by atoms with van der Waals surface area (Å²) in [5.74, 6) is -0.434. The summed E-state index contributed by atoms with van der Waals surface area (Å²) in [6.07, 6.45) is 0.173. The van der Waals surface area contributed by atoms with Gasteiger partial charge >= 0.3 is 18.3 Å². The first-order valence-corrected chi connectivity index (χ1v) is 15.1. The summed E-state index contributed by atoms with van der Waals surface area (Å²) in [6, 6.07) is 0.757. The van der Waals surface area contributed by atoms with Gasteiger partial charge in [0.15, 0.2) is 0 Å². The molecule has 0 saturated carbocycles. The van der Waals surface area contributed by atoms with Crippen LogP contribution in [0.25, 0.3) is 0 Å². The van der Waals surface area contributed by atoms with Gasteiger partial charge in [-0.2, -0.15) is 13.3 Å². The Kier molecular flexibility index (Phi) is 10.3. The number of aromatic nitrogens is 1. The number of ether oxygens (including phenoxy) is 3. The van der Waals surface area contributed by atoms with E-state index < -0.39 is 63.3 Å². The molecule has 1 aliphatic heterocycles. The lowest BCUT2D eigenvalue weighted by atomic mass is 9.92. The molecule has 14 heteroatoms.